The van der Waals surface area contributed by atoms with Gasteiger partial charge >= 0.3 is 5.97 Å². The van der Waals surface area contributed by atoms with Crippen LogP contribution in [0.15, 0.2) is 54.6 Å². The number of esters is 1. The van der Waals surface area contributed by atoms with Crippen LogP contribution < -0.4 is 5.32 Å². The molecule has 20 heavy (non-hydrogen) atoms. The molecular weight excluding hydrogens is 250 g/mol. The number of anilines is 1. The fourth-order valence-electron chi connectivity index (χ4n) is 2.01. The van der Waals surface area contributed by atoms with Crippen LogP contribution in [0, 0.1) is 0 Å². The summed E-state index contributed by atoms with van der Waals surface area (Å²) in [4.78, 5) is 11.8. The van der Waals surface area contributed by atoms with E-state index in [1.54, 1.807) is 12.1 Å². The molecule has 0 aromatic heterocycles. The maximum absolute atomic E-state index is 11.8. The zero-order valence-electron chi connectivity index (χ0n) is 11.6. The predicted octanol–water partition coefficient (Wildman–Crippen LogP) is 3.52. The van der Waals surface area contributed by atoms with Crippen molar-refractivity contribution in [3.8, 4) is 0 Å². The van der Waals surface area contributed by atoms with Crippen LogP contribution in [0.4, 0.5) is 5.69 Å². The molecule has 0 heterocycles. The number of nitrogens with one attached hydrogen (secondary N) is 1. The van der Waals surface area contributed by atoms with Crippen molar-refractivity contribution >= 4 is 11.7 Å². The molecule has 0 unspecified atom stereocenters. The van der Waals surface area contributed by atoms with Gasteiger partial charge in [-0.05, 0) is 30.7 Å². The van der Waals surface area contributed by atoms with E-state index in [2.05, 4.69) is 12.2 Å². The van der Waals surface area contributed by atoms with Gasteiger partial charge in [0.05, 0.1) is 12.2 Å². The van der Waals surface area contributed by atoms with Gasteiger partial charge < -0.3 is 10.1 Å². The number of benzene rings is 2. The van der Waals surface area contributed by atoms with Gasteiger partial charge in [0, 0.05) is 18.7 Å². The van der Waals surface area contributed by atoms with Crippen molar-refractivity contribution in [3.05, 3.63) is 65.7 Å². The van der Waals surface area contributed by atoms with Crippen molar-refractivity contribution in [2.75, 3.05) is 18.5 Å². The Morgan fingerprint density at radius 2 is 1.75 bits per heavy atom. The van der Waals surface area contributed by atoms with E-state index in [0.29, 0.717) is 18.6 Å². The van der Waals surface area contributed by atoms with Gasteiger partial charge in [0.1, 0.15) is 0 Å². The van der Waals surface area contributed by atoms with Crippen LogP contribution in [0.3, 0.4) is 0 Å². The fraction of sp³-hybridized carbons (Fsp3) is 0.235. The molecule has 0 bridgehead atoms. The molecule has 2 rings (SSSR count). The van der Waals surface area contributed by atoms with Crippen molar-refractivity contribution < 1.29 is 9.53 Å². The third-order valence-corrected chi connectivity index (χ3v) is 3.00. The van der Waals surface area contributed by atoms with E-state index in [9.17, 15) is 4.79 Å². The summed E-state index contributed by atoms with van der Waals surface area (Å²) < 4.78 is 5.30. The highest BCUT2D eigenvalue weighted by Gasteiger charge is 2.06. The van der Waals surface area contributed by atoms with E-state index in [1.165, 1.54) is 0 Å². The maximum atomic E-state index is 11.8. The highest BCUT2D eigenvalue weighted by atomic mass is 16.5. The minimum absolute atomic E-state index is 0.272. The number of hydrogen-bond donors (Lipinski definition) is 1. The molecule has 1 N–H and O–H groups in total. The second-order valence-corrected chi connectivity index (χ2v) is 4.44. The Hall–Kier alpha value is -2.29. The number of carbonyl (C=O) groups excluding carboxylic acids is 1. The lowest BCUT2D eigenvalue weighted by atomic mass is 10.1. The Bertz CT molecular complexity index is 552. The summed E-state index contributed by atoms with van der Waals surface area (Å²) in [5.41, 5.74) is 2.86. The van der Waals surface area contributed by atoms with Gasteiger partial charge in [-0.3, -0.25) is 0 Å². The Kier molecular flexibility index (Phi) is 5.18. The number of carbonyl (C=O) groups is 1. The van der Waals surface area contributed by atoms with Gasteiger partial charge in [-0.15, -0.1) is 0 Å². The van der Waals surface area contributed by atoms with E-state index in [4.69, 9.17) is 4.74 Å². The summed E-state index contributed by atoms with van der Waals surface area (Å²) in [6, 6.07) is 17.1. The first-order valence-corrected chi connectivity index (χ1v) is 6.85. The van der Waals surface area contributed by atoms with Crippen LogP contribution >= 0.6 is 0 Å². The maximum Gasteiger partial charge on any atom is 0.338 e. The van der Waals surface area contributed by atoms with E-state index >= 15 is 0 Å². The largest absolute Gasteiger partial charge is 0.462 e. The topological polar surface area (TPSA) is 38.3 Å². The molecule has 2 aromatic rings. The lowest BCUT2D eigenvalue weighted by Gasteiger charge is -2.10. The third kappa shape index (κ3) is 3.85. The molecule has 0 aliphatic heterocycles. The average Bonchev–Trinajstić information content (AvgIpc) is 2.50. The summed E-state index contributed by atoms with van der Waals surface area (Å²) in [5, 5.41) is 3.31. The van der Waals surface area contributed by atoms with Crippen molar-refractivity contribution in [2.24, 2.45) is 0 Å². The van der Waals surface area contributed by atoms with Crippen LogP contribution in [0.1, 0.15) is 22.8 Å². The first kappa shape index (κ1) is 14.1. The minimum Gasteiger partial charge on any atom is -0.462 e. The monoisotopic (exact) mass is 269 g/mol. The highest BCUT2D eigenvalue weighted by molar-refractivity contribution is 5.89. The fourth-order valence-corrected chi connectivity index (χ4v) is 2.01. The molecule has 0 amide bonds. The molecule has 3 heteroatoms. The standard InChI is InChI=1S/C17H19NO2/c1-2-18-16-11-7-6-8-14(16)12-13-20-17(19)15-9-4-3-5-10-15/h3-11,18H,2,12-13H2,1H3. The summed E-state index contributed by atoms with van der Waals surface area (Å²) >= 11 is 0. The second kappa shape index (κ2) is 7.34. The zero-order valence-corrected chi connectivity index (χ0v) is 11.6. The van der Waals surface area contributed by atoms with Crippen molar-refractivity contribution in [3.63, 3.8) is 0 Å². The quantitative estimate of drug-likeness (QED) is 0.815. The van der Waals surface area contributed by atoms with E-state index in [-0.39, 0.29) is 5.97 Å². The van der Waals surface area contributed by atoms with E-state index in [1.807, 2.05) is 42.5 Å². The van der Waals surface area contributed by atoms with Crippen LogP contribution in [0.2, 0.25) is 0 Å². The summed E-state index contributed by atoms with van der Waals surface area (Å²) in [6.07, 6.45) is 0.710. The number of hydrogen-bond acceptors (Lipinski definition) is 3. The molecule has 104 valence electrons. The van der Waals surface area contributed by atoms with Gasteiger partial charge in [0.15, 0.2) is 0 Å². The Morgan fingerprint density at radius 3 is 2.50 bits per heavy atom. The first-order valence-electron chi connectivity index (χ1n) is 6.85. The number of para-hydroxylation sites is 1. The molecule has 0 aliphatic rings. The molecule has 0 fully saturated rings. The summed E-state index contributed by atoms with van der Waals surface area (Å²) in [6.45, 7) is 3.32. The molecule has 0 radical (unpaired) electrons. The van der Waals surface area contributed by atoms with Gasteiger partial charge in [-0.25, -0.2) is 4.79 Å². The molecule has 2 aromatic carbocycles. The lowest BCUT2D eigenvalue weighted by molar-refractivity contribution is 0.0509. The highest BCUT2D eigenvalue weighted by Crippen LogP contribution is 2.15. The number of ether oxygens (including phenoxy) is 1. The normalized spacial score (nSPS) is 10.1. The van der Waals surface area contributed by atoms with Gasteiger partial charge in [0.2, 0.25) is 0 Å². The molecule has 0 saturated carbocycles. The first-order chi connectivity index (χ1) is 9.81. The van der Waals surface area contributed by atoms with Crippen molar-refractivity contribution in [1.82, 2.24) is 0 Å². The van der Waals surface area contributed by atoms with Gasteiger partial charge in [-0.1, -0.05) is 36.4 Å². The number of rotatable bonds is 6. The lowest BCUT2D eigenvalue weighted by Crippen LogP contribution is -2.09. The van der Waals surface area contributed by atoms with Crippen LogP contribution in [0.25, 0.3) is 0 Å². The van der Waals surface area contributed by atoms with Crippen LogP contribution in [-0.2, 0) is 11.2 Å². The van der Waals surface area contributed by atoms with Crippen molar-refractivity contribution in [2.45, 2.75) is 13.3 Å². The zero-order chi connectivity index (χ0) is 14.2. The molecular formula is C17H19NO2. The van der Waals surface area contributed by atoms with E-state index < -0.39 is 0 Å². The molecule has 0 spiro atoms. The second-order valence-electron chi connectivity index (χ2n) is 4.44. The van der Waals surface area contributed by atoms with Gasteiger partial charge in [-0.2, -0.15) is 0 Å². The van der Waals surface area contributed by atoms with Gasteiger partial charge in [0.25, 0.3) is 0 Å². The summed E-state index contributed by atoms with van der Waals surface area (Å²) in [7, 11) is 0. The van der Waals surface area contributed by atoms with Crippen LogP contribution in [0.5, 0.6) is 0 Å². The van der Waals surface area contributed by atoms with Crippen LogP contribution in [-0.4, -0.2) is 19.1 Å². The minimum atomic E-state index is -0.272. The Labute approximate surface area is 119 Å². The average molecular weight is 269 g/mol. The van der Waals surface area contributed by atoms with Crippen molar-refractivity contribution in [1.29, 1.82) is 0 Å². The molecule has 3 nitrogen and oxygen atoms in total. The SMILES string of the molecule is CCNc1ccccc1CCOC(=O)c1ccccc1. The van der Waals surface area contributed by atoms with E-state index in [0.717, 1.165) is 17.8 Å². The third-order valence-electron chi connectivity index (χ3n) is 3.00. The predicted molar refractivity (Wildman–Crippen MR) is 81.0 cm³/mol. The Morgan fingerprint density at radius 1 is 1.05 bits per heavy atom. The molecule has 0 atom stereocenters. The molecule has 0 saturated heterocycles. The molecule has 0 aliphatic carbocycles. The Balaban J connectivity index is 1.89. The summed E-state index contributed by atoms with van der Waals surface area (Å²) in [5.74, 6) is -0.272. The smallest absolute Gasteiger partial charge is 0.338 e.